The van der Waals surface area contributed by atoms with Crippen LogP contribution in [0.25, 0.3) is 0 Å². The number of hydrogen-bond donors (Lipinski definition) is 2. The lowest BCUT2D eigenvalue weighted by molar-refractivity contribution is -0.119. The van der Waals surface area contributed by atoms with Crippen LogP contribution < -0.4 is 15.5 Å². The van der Waals surface area contributed by atoms with Crippen molar-refractivity contribution in [2.24, 2.45) is 5.92 Å². The number of pyridine rings is 1. The quantitative estimate of drug-likeness (QED) is 0.716. The monoisotopic (exact) mass is 406 g/mol. The van der Waals surface area contributed by atoms with Crippen LogP contribution in [0.2, 0.25) is 0 Å². The third kappa shape index (κ3) is 5.60. The molecule has 1 aromatic carbocycles. The Hall–Kier alpha value is -2.40. The fourth-order valence-corrected chi connectivity index (χ4v) is 4.79. The highest BCUT2D eigenvalue weighted by molar-refractivity contribution is 5.92. The molecule has 0 bridgehead atoms. The van der Waals surface area contributed by atoms with Gasteiger partial charge in [-0.1, -0.05) is 18.9 Å². The van der Waals surface area contributed by atoms with E-state index in [0.717, 1.165) is 56.6 Å². The van der Waals surface area contributed by atoms with Crippen LogP contribution in [0.3, 0.4) is 0 Å². The van der Waals surface area contributed by atoms with Gasteiger partial charge in [-0.2, -0.15) is 0 Å². The lowest BCUT2D eigenvalue weighted by Crippen LogP contribution is -2.46. The Balaban J connectivity index is 1.22. The van der Waals surface area contributed by atoms with Crippen LogP contribution in [0.1, 0.15) is 51.1 Å². The summed E-state index contributed by atoms with van der Waals surface area (Å²) in [5.41, 5.74) is 3.31. The van der Waals surface area contributed by atoms with Gasteiger partial charge >= 0.3 is 0 Å². The standard InChI is InChI=1S/C25H34N4O/c1-19(18-23-8-4-5-15-26-23)27-22-13-16-29(17-14-22)24-11-9-21(10-12-24)28-25(30)20-6-2-3-7-20/h4-5,8-12,15,19-20,22,27H,2-3,6-7,13-14,16-18H2,1H3,(H,28,30)/t19-/m1/s1. The fraction of sp³-hybridized carbons (Fsp3) is 0.520. The van der Waals surface area contributed by atoms with Crippen molar-refractivity contribution in [1.82, 2.24) is 10.3 Å². The Kier molecular flexibility index (Phi) is 7.00. The molecule has 2 N–H and O–H groups in total. The molecule has 5 heteroatoms. The first-order chi connectivity index (χ1) is 14.7. The van der Waals surface area contributed by atoms with Crippen molar-refractivity contribution in [3.05, 3.63) is 54.4 Å². The number of carbonyl (C=O) groups excluding carboxylic acids is 1. The van der Waals surface area contributed by atoms with Crippen LogP contribution >= 0.6 is 0 Å². The SMILES string of the molecule is C[C@H](Cc1ccccn1)NC1CCN(c2ccc(NC(=O)C3CCCC3)cc2)CC1. The number of carbonyl (C=O) groups is 1. The summed E-state index contributed by atoms with van der Waals surface area (Å²) < 4.78 is 0. The molecule has 1 aromatic heterocycles. The zero-order valence-corrected chi connectivity index (χ0v) is 18.0. The van der Waals surface area contributed by atoms with Crippen LogP contribution in [0.5, 0.6) is 0 Å². The van der Waals surface area contributed by atoms with Crippen molar-refractivity contribution in [2.45, 2.75) is 64.0 Å². The average molecular weight is 407 g/mol. The maximum Gasteiger partial charge on any atom is 0.227 e. The summed E-state index contributed by atoms with van der Waals surface area (Å²) >= 11 is 0. The summed E-state index contributed by atoms with van der Waals surface area (Å²) in [6, 6.07) is 15.5. The number of aromatic nitrogens is 1. The van der Waals surface area contributed by atoms with E-state index >= 15 is 0 Å². The van der Waals surface area contributed by atoms with Gasteiger partial charge in [-0.15, -0.1) is 0 Å². The van der Waals surface area contributed by atoms with Gasteiger partial charge in [0.05, 0.1) is 0 Å². The molecular weight excluding hydrogens is 372 g/mol. The van der Waals surface area contributed by atoms with E-state index in [2.05, 4.69) is 51.7 Å². The molecule has 2 heterocycles. The van der Waals surface area contributed by atoms with Crippen LogP contribution in [-0.4, -0.2) is 36.1 Å². The van der Waals surface area contributed by atoms with E-state index < -0.39 is 0 Å². The maximum atomic E-state index is 12.3. The lowest BCUT2D eigenvalue weighted by Gasteiger charge is -2.35. The second kappa shape index (κ2) is 10.1. The predicted octanol–water partition coefficient (Wildman–Crippen LogP) is 4.40. The van der Waals surface area contributed by atoms with Gasteiger partial charge in [-0.3, -0.25) is 9.78 Å². The fourth-order valence-electron chi connectivity index (χ4n) is 4.79. The zero-order chi connectivity index (χ0) is 20.8. The number of rotatable bonds is 7. The minimum Gasteiger partial charge on any atom is -0.371 e. The van der Waals surface area contributed by atoms with Gasteiger partial charge in [0.1, 0.15) is 0 Å². The number of benzene rings is 1. The Morgan fingerprint density at radius 3 is 2.47 bits per heavy atom. The Morgan fingerprint density at radius 1 is 1.07 bits per heavy atom. The molecule has 0 unspecified atom stereocenters. The largest absolute Gasteiger partial charge is 0.371 e. The first-order valence-corrected chi connectivity index (χ1v) is 11.5. The number of amides is 1. The number of hydrogen-bond acceptors (Lipinski definition) is 4. The van der Waals surface area contributed by atoms with Crippen LogP contribution in [0.15, 0.2) is 48.7 Å². The molecule has 0 radical (unpaired) electrons. The van der Waals surface area contributed by atoms with E-state index in [1.807, 2.05) is 24.4 Å². The molecule has 2 aromatic rings. The van der Waals surface area contributed by atoms with Crippen molar-refractivity contribution >= 4 is 17.3 Å². The molecule has 160 valence electrons. The van der Waals surface area contributed by atoms with Crippen molar-refractivity contribution in [3.63, 3.8) is 0 Å². The minimum absolute atomic E-state index is 0.187. The van der Waals surface area contributed by atoms with Gasteiger partial charge in [0.2, 0.25) is 5.91 Å². The molecule has 30 heavy (non-hydrogen) atoms. The molecule has 1 saturated heterocycles. The molecule has 4 rings (SSSR count). The van der Waals surface area contributed by atoms with Gasteiger partial charge in [0.15, 0.2) is 0 Å². The molecule has 1 amide bonds. The molecule has 2 aliphatic rings. The number of nitrogens with one attached hydrogen (secondary N) is 2. The number of nitrogens with zero attached hydrogens (tertiary/aromatic N) is 2. The van der Waals surface area contributed by atoms with E-state index in [-0.39, 0.29) is 11.8 Å². The van der Waals surface area contributed by atoms with E-state index in [0.29, 0.717) is 12.1 Å². The topological polar surface area (TPSA) is 57.3 Å². The number of anilines is 2. The van der Waals surface area contributed by atoms with Crippen molar-refractivity contribution < 1.29 is 4.79 Å². The average Bonchev–Trinajstić information content (AvgIpc) is 3.31. The van der Waals surface area contributed by atoms with E-state index in [1.54, 1.807) is 0 Å². The second-order valence-corrected chi connectivity index (χ2v) is 8.87. The van der Waals surface area contributed by atoms with Gasteiger partial charge in [-0.25, -0.2) is 0 Å². The van der Waals surface area contributed by atoms with E-state index in [4.69, 9.17) is 0 Å². The third-order valence-corrected chi connectivity index (χ3v) is 6.48. The molecule has 0 spiro atoms. The van der Waals surface area contributed by atoms with Crippen LogP contribution in [-0.2, 0) is 11.2 Å². The molecule has 1 aliphatic heterocycles. The third-order valence-electron chi connectivity index (χ3n) is 6.48. The summed E-state index contributed by atoms with van der Waals surface area (Å²) in [4.78, 5) is 19.2. The Morgan fingerprint density at radius 2 is 1.80 bits per heavy atom. The first kappa shape index (κ1) is 20.9. The van der Waals surface area contributed by atoms with E-state index in [1.165, 1.54) is 18.5 Å². The summed E-state index contributed by atoms with van der Waals surface area (Å²) in [5.74, 6) is 0.392. The highest BCUT2D eigenvalue weighted by Gasteiger charge is 2.23. The molecule has 1 aliphatic carbocycles. The summed E-state index contributed by atoms with van der Waals surface area (Å²) in [5, 5.41) is 6.87. The highest BCUT2D eigenvalue weighted by atomic mass is 16.1. The zero-order valence-electron chi connectivity index (χ0n) is 18.0. The molecular formula is C25H34N4O. The van der Waals surface area contributed by atoms with E-state index in [9.17, 15) is 4.79 Å². The molecule has 1 saturated carbocycles. The minimum atomic E-state index is 0.187. The summed E-state index contributed by atoms with van der Waals surface area (Å²) in [6.07, 6.45) is 9.56. The van der Waals surface area contributed by atoms with Crippen molar-refractivity contribution in [2.75, 3.05) is 23.3 Å². The summed E-state index contributed by atoms with van der Waals surface area (Å²) in [6.45, 7) is 4.36. The van der Waals surface area contributed by atoms with Crippen LogP contribution in [0.4, 0.5) is 11.4 Å². The Labute approximate surface area is 180 Å². The lowest BCUT2D eigenvalue weighted by atomic mass is 10.0. The van der Waals surface area contributed by atoms with Crippen molar-refractivity contribution in [1.29, 1.82) is 0 Å². The van der Waals surface area contributed by atoms with Crippen LogP contribution in [0, 0.1) is 5.92 Å². The Bertz CT molecular complexity index is 794. The number of piperidine rings is 1. The molecule has 2 fully saturated rings. The maximum absolute atomic E-state index is 12.3. The molecule has 1 atom stereocenters. The smallest absolute Gasteiger partial charge is 0.227 e. The van der Waals surface area contributed by atoms with Gasteiger partial charge in [-0.05, 0) is 69.0 Å². The normalized spacial score (nSPS) is 19.0. The van der Waals surface area contributed by atoms with Gasteiger partial charge in [0, 0.05) is 60.8 Å². The van der Waals surface area contributed by atoms with Crippen molar-refractivity contribution in [3.8, 4) is 0 Å². The predicted molar refractivity (Wildman–Crippen MR) is 123 cm³/mol. The highest BCUT2D eigenvalue weighted by Crippen LogP contribution is 2.27. The van der Waals surface area contributed by atoms with Gasteiger partial charge in [0.25, 0.3) is 0 Å². The van der Waals surface area contributed by atoms with Gasteiger partial charge < -0.3 is 15.5 Å². The summed E-state index contributed by atoms with van der Waals surface area (Å²) in [7, 11) is 0. The first-order valence-electron chi connectivity index (χ1n) is 11.5. The second-order valence-electron chi connectivity index (χ2n) is 8.87. The molecule has 5 nitrogen and oxygen atoms in total.